The van der Waals surface area contributed by atoms with Gasteiger partial charge in [-0.3, -0.25) is 0 Å². The van der Waals surface area contributed by atoms with Crippen LogP contribution >= 0.6 is 0 Å². The van der Waals surface area contributed by atoms with Crippen LogP contribution in [-0.4, -0.2) is 0 Å². The van der Waals surface area contributed by atoms with Gasteiger partial charge in [0.05, 0.1) is 0 Å². The molecule has 174 valence electrons. The molecule has 0 radical (unpaired) electrons. The van der Waals surface area contributed by atoms with Crippen molar-refractivity contribution in [2.45, 2.75) is 103 Å². The van der Waals surface area contributed by atoms with E-state index in [9.17, 15) is 13.2 Å². The van der Waals surface area contributed by atoms with Gasteiger partial charge in [-0.2, -0.15) is 0 Å². The minimum Gasteiger partial charge on any atom is -0.204 e. The number of rotatable bonds is 10. The van der Waals surface area contributed by atoms with E-state index >= 15 is 0 Å². The Morgan fingerprint density at radius 2 is 1.26 bits per heavy atom. The van der Waals surface area contributed by atoms with Gasteiger partial charge in [-0.1, -0.05) is 57.6 Å². The fourth-order valence-electron chi connectivity index (χ4n) is 5.95. The Balaban J connectivity index is 1.31. The topological polar surface area (TPSA) is 0 Å². The van der Waals surface area contributed by atoms with Crippen LogP contribution < -0.4 is 0 Å². The van der Waals surface area contributed by atoms with Crippen molar-refractivity contribution in [2.75, 3.05) is 0 Å². The SMILES string of the molecule is CCC/C=C/CCCC1CCC(C2CCC(CCc3cc(F)c(F)c(F)c3)CC2)CC1. The molecule has 0 aliphatic heterocycles. The van der Waals surface area contributed by atoms with Crippen LogP contribution in [0.2, 0.25) is 0 Å². The van der Waals surface area contributed by atoms with Crippen LogP contribution in [-0.2, 0) is 6.42 Å². The summed E-state index contributed by atoms with van der Waals surface area (Å²) in [6, 6.07) is 2.31. The normalized spacial score (nSPS) is 27.1. The maximum atomic E-state index is 13.4. The van der Waals surface area contributed by atoms with Crippen molar-refractivity contribution >= 4 is 0 Å². The third-order valence-electron chi connectivity index (χ3n) is 7.94. The molecule has 1 aromatic rings. The van der Waals surface area contributed by atoms with Crippen LogP contribution in [0.25, 0.3) is 0 Å². The molecule has 0 saturated heterocycles. The number of halogens is 3. The van der Waals surface area contributed by atoms with Crippen LogP contribution in [0.15, 0.2) is 24.3 Å². The zero-order valence-corrected chi connectivity index (χ0v) is 19.4. The average Bonchev–Trinajstić information content (AvgIpc) is 2.79. The Kier molecular flexibility index (Phi) is 9.99. The molecule has 3 heteroatoms. The van der Waals surface area contributed by atoms with E-state index in [2.05, 4.69) is 19.1 Å². The number of benzene rings is 1. The van der Waals surface area contributed by atoms with E-state index in [0.29, 0.717) is 17.9 Å². The molecule has 0 bridgehead atoms. The second-order valence-electron chi connectivity index (χ2n) is 10.2. The molecule has 31 heavy (non-hydrogen) atoms. The molecule has 0 atom stereocenters. The molecule has 0 unspecified atom stereocenters. The largest absolute Gasteiger partial charge is 0.204 e. The molecular formula is C28H41F3. The van der Waals surface area contributed by atoms with Crippen molar-refractivity contribution in [1.29, 1.82) is 0 Å². The monoisotopic (exact) mass is 434 g/mol. The zero-order chi connectivity index (χ0) is 22.1. The maximum Gasteiger partial charge on any atom is 0.194 e. The fraction of sp³-hybridized carbons (Fsp3) is 0.714. The van der Waals surface area contributed by atoms with Crippen molar-refractivity contribution in [1.82, 2.24) is 0 Å². The van der Waals surface area contributed by atoms with Gasteiger partial charge in [0.25, 0.3) is 0 Å². The third kappa shape index (κ3) is 7.68. The summed E-state index contributed by atoms with van der Waals surface area (Å²) in [6.07, 6.45) is 23.6. The van der Waals surface area contributed by atoms with Crippen LogP contribution in [0.5, 0.6) is 0 Å². The van der Waals surface area contributed by atoms with Crippen molar-refractivity contribution in [2.24, 2.45) is 23.7 Å². The first-order valence-corrected chi connectivity index (χ1v) is 12.8. The minimum absolute atomic E-state index is 0.581. The molecule has 0 heterocycles. The van der Waals surface area contributed by atoms with Crippen molar-refractivity contribution in [3.63, 3.8) is 0 Å². The first-order chi connectivity index (χ1) is 15.1. The lowest BCUT2D eigenvalue weighted by Gasteiger charge is -2.38. The highest BCUT2D eigenvalue weighted by molar-refractivity contribution is 5.19. The van der Waals surface area contributed by atoms with Gasteiger partial charge in [0.15, 0.2) is 17.5 Å². The Hall–Kier alpha value is -1.25. The molecule has 0 spiro atoms. The standard InChI is InChI=1S/C28H41F3/c1-2-3-4-5-6-7-8-21-11-15-24(16-12-21)25-17-13-22(14-18-25)9-10-23-19-26(29)28(31)27(30)20-23/h4-5,19-22,24-25H,2-3,6-18H2,1H3/b5-4+. The van der Waals surface area contributed by atoms with E-state index in [1.54, 1.807) is 0 Å². The Bertz CT molecular complexity index is 656. The summed E-state index contributed by atoms with van der Waals surface area (Å²) in [7, 11) is 0. The van der Waals surface area contributed by atoms with E-state index in [-0.39, 0.29) is 0 Å². The molecule has 3 rings (SSSR count). The number of aryl methyl sites for hydroxylation is 1. The van der Waals surface area contributed by atoms with Crippen LogP contribution in [0.4, 0.5) is 13.2 Å². The van der Waals surface area contributed by atoms with Crippen LogP contribution in [0, 0.1) is 41.1 Å². The zero-order valence-electron chi connectivity index (χ0n) is 19.4. The molecule has 2 fully saturated rings. The summed E-state index contributed by atoms with van der Waals surface area (Å²) in [4.78, 5) is 0. The highest BCUT2D eigenvalue weighted by atomic mass is 19.2. The van der Waals surface area contributed by atoms with Crippen molar-refractivity contribution < 1.29 is 13.2 Å². The molecule has 1 aromatic carbocycles. The smallest absolute Gasteiger partial charge is 0.194 e. The van der Waals surface area contributed by atoms with E-state index in [4.69, 9.17) is 0 Å². The summed E-state index contributed by atoms with van der Waals surface area (Å²) in [6.45, 7) is 2.23. The third-order valence-corrected chi connectivity index (χ3v) is 7.94. The van der Waals surface area contributed by atoms with Gasteiger partial charge >= 0.3 is 0 Å². The molecular weight excluding hydrogens is 393 g/mol. The van der Waals surface area contributed by atoms with Gasteiger partial charge in [-0.25, -0.2) is 13.2 Å². The lowest BCUT2D eigenvalue weighted by atomic mass is 9.68. The van der Waals surface area contributed by atoms with E-state index in [0.717, 1.165) is 36.3 Å². The van der Waals surface area contributed by atoms with Gasteiger partial charge in [-0.15, -0.1) is 0 Å². The Morgan fingerprint density at radius 3 is 1.81 bits per heavy atom. The Morgan fingerprint density at radius 1 is 0.742 bits per heavy atom. The van der Waals surface area contributed by atoms with Crippen molar-refractivity contribution in [3.8, 4) is 0 Å². The Labute approximate surface area is 187 Å². The lowest BCUT2D eigenvalue weighted by Crippen LogP contribution is -2.26. The fourth-order valence-corrected chi connectivity index (χ4v) is 5.95. The molecule has 0 aromatic heterocycles. The molecule has 2 aliphatic carbocycles. The van der Waals surface area contributed by atoms with E-state index in [1.807, 2.05) is 0 Å². The molecule has 2 aliphatic rings. The van der Waals surface area contributed by atoms with Gasteiger partial charge in [0, 0.05) is 0 Å². The molecule has 0 N–H and O–H groups in total. The first-order valence-electron chi connectivity index (χ1n) is 12.8. The average molecular weight is 435 g/mol. The van der Waals surface area contributed by atoms with Crippen molar-refractivity contribution in [3.05, 3.63) is 47.3 Å². The van der Waals surface area contributed by atoms with Gasteiger partial charge in [0.1, 0.15) is 0 Å². The van der Waals surface area contributed by atoms with Gasteiger partial charge in [-0.05, 0) is 99.2 Å². The van der Waals surface area contributed by atoms with Gasteiger partial charge < -0.3 is 0 Å². The first kappa shape index (κ1) is 24.4. The number of hydrogen-bond donors (Lipinski definition) is 0. The lowest BCUT2D eigenvalue weighted by molar-refractivity contribution is 0.141. The summed E-state index contributed by atoms with van der Waals surface area (Å²) < 4.78 is 39.9. The molecule has 0 amide bonds. The predicted octanol–water partition coefficient (Wildman–Crippen LogP) is 9.18. The molecule has 0 nitrogen and oxygen atoms in total. The summed E-state index contributed by atoms with van der Waals surface area (Å²) in [5.74, 6) is -0.0997. The minimum atomic E-state index is -1.36. The van der Waals surface area contributed by atoms with E-state index in [1.165, 1.54) is 83.5 Å². The highest BCUT2D eigenvalue weighted by Gasteiger charge is 2.30. The summed E-state index contributed by atoms with van der Waals surface area (Å²) >= 11 is 0. The number of hydrogen-bond acceptors (Lipinski definition) is 0. The van der Waals surface area contributed by atoms with Gasteiger partial charge in [0.2, 0.25) is 0 Å². The molecule has 2 saturated carbocycles. The summed E-state index contributed by atoms with van der Waals surface area (Å²) in [5.41, 5.74) is 0.581. The summed E-state index contributed by atoms with van der Waals surface area (Å²) in [5, 5.41) is 0. The highest BCUT2D eigenvalue weighted by Crippen LogP contribution is 2.43. The van der Waals surface area contributed by atoms with Crippen LogP contribution in [0.1, 0.15) is 102 Å². The maximum absolute atomic E-state index is 13.4. The van der Waals surface area contributed by atoms with E-state index < -0.39 is 17.5 Å². The predicted molar refractivity (Wildman–Crippen MR) is 123 cm³/mol. The second-order valence-corrected chi connectivity index (χ2v) is 10.2. The quantitative estimate of drug-likeness (QED) is 0.196. The number of allylic oxidation sites excluding steroid dienone is 2. The second kappa shape index (κ2) is 12.7. The number of unbranched alkanes of at least 4 members (excludes halogenated alkanes) is 2. The van der Waals surface area contributed by atoms with Crippen LogP contribution in [0.3, 0.4) is 0 Å².